The summed E-state index contributed by atoms with van der Waals surface area (Å²) in [7, 11) is 1.62. The lowest BCUT2D eigenvalue weighted by molar-refractivity contribution is -0.0830. The number of nitrogens with two attached hydrogens (primary N) is 1. The van der Waals surface area contributed by atoms with Gasteiger partial charge in [-0.15, -0.1) is 5.10 Å². The molecule has 0 aliphatic carbocycles. The summed E-state index contributed by atoms with van der Waals surface area (Å²) in [5.74, 6) is 0.942. The molecule has 1 fully saturated rings. The van der Waals surface area contributed by atoms with Crippen LogP contribution in [0.25, 0.3) is 16.8 Å². The molecule has 33 heavy (non-hydrogen) atoms. The van der Waals surface area contributed by atoms with Crippen molar-refractivity contribution in [1.82, 2.24) is 24.6 Å². The zero-order valence-electron chi connectivity index (χ0n) is 18.2. The Morgan fingerprint density at radius 2 is 2.12 bits per heavy atom. The Balaban J connectivity index is 1.39. The number of rotatable bonds is 4. The second kappa shape index (κ2) is 8.40. The van der Waals surface area contributed by atoms with Crippen LogP contribution in [0.2, 0.25) is 0 Å². The van der Waals surface area contributed by atoms with Gasteiger partial charge in [0, 0.05) is 29.9 Å². The molecule has 1 aliphatic heterocycles. The number of aromatic nitrogens is 4. The number of aryl methyl sites for hydroxylation is 1. The summed E-state index contributed by atoms with van der Waals surface area (Å²) in [5, 5.41) is 8.48. The fourth-order valence-corrected chi connectivity index (χ4v) is 3.88. The van der Waals surface area contributed by atoms with Crippen molar-refractivity contribution >= 4 is 23.3 Å². The van der Waals surface area contributed by atoms with Gasteiger partial charge < -0.3 is 15.8 Å². The summed E-state index contributed by atoms with van der Waals surface area (Å²) >= 11 is 0. The average molecular weight is 445 g/mol. The van der Waals surface area contributed by atoms with E-state index < -0.39 is 0 Å². The first-order chi connectivity index (χ1) is 16.0. The lowest BCUT2D eigenvalue weighted by Gasteiger charge is -2.24. The number of nitrogen functional groups attached to an aromatic ring is 1. The molecule has 1 aliphatic rings. The number of nitrogens with zero attached hydrogens (tertiary/aromatic N) is 5. The Kier molecular flexibility index (Phi) is 5.27. The summed E-state index contributed by atoms with van der Waals surface area (Å²) in [6.07, 6.45) is 4.26. The van der Waals surface area contributed by atoms with E-state index in [1.54, 1.807) is 17.8 Å². The highest BCUT2D eigenvalue weighted by Gasteiger charge is 2.32. The average Bonchev–Trinajstić information content (AvgIpc) is 3.46. The molecule has 4 aromatic rings. The van der Waals surface area contributed by atoms with E-state index in [1.807, 2.05) is 55.6 Å². The van der Waals surface area contributed by atoms with Crippen LogP contribution in [0.15, 0.2) is 54.9 Å². The lowest BCUT2D eigenvalue weighted by Crippen LogP contribution is -2.33. The maximum absolute atomic E-state index is 13.1. The van der Waals surface area contributed by atoms with Gasteiger partial charge in [-0.1, -0.05) is 12.1 Å². The molecule has 2 amide bonds. The van der Waals surface area contributed by atoms with Crippen molar-refractivity contribution in [2.75, 3.05) is 24.8 Å². The van der Waals surface area contributed by atoms with E-state index in [9.17, 15) is 4.79 Å². The molecule has 0 radical (unpaired) electrons. The molecule has 168 valence electrons. The number of hydrogen-bond acceptors (Lipinski definition) is 7. The molecule has 0 spiro atoms. The molecule has 0 bridgehead atoms. The first kappa shape index (κ1) is 20.7. The van der Waals surface area contributed by atoms with Gasteiger partial charge in [0.1, 0.15) is 5.75 Å². The molecular formula is C23H23N7O3. The number of ether oxygens (including phenoxy) is 1. The molecular weight excluding hydrogens is 422 g/mol. The molecule has 1 saturated heterocycles. The van der Waals surface area contributed by atoms with E-state index in [4.69, 9.17) is 15.3 Å². The van der Waals surface area contributed by atoms with Crippen molar-refractivity contribution in [3.8, 4) is 16.9 Å². The number of benzene rings is 1. The largest absolute Gasteiger partial charge is 0.497 e. The molecule has 3 N–H and O–H groups in total. The number of carbonyl (C=O) groups is 1. The number of hydroxylamine groups is 2. The van der Waals surface area contributed by atoms with Crippen LogP contribution < -0.4 is 15.8 Å². The molecule has 10 heteroatoms. The highest BCUT2D eigenvalue weighted by atomic mass is 16.7. The third kappa shape index (κ3) is 4.03. The van der Waals surface area contributed by atoms with Gasteiger partial charge in [-0.3, -0.25) is 9.82 Å². The van der Waals surface area contributed by atoms with Gasteiger partial charge in [-0.2, -0.15) is 10.0 Å². The molecule has 10 nitrogen and oxygen atoms in total. The summed E-state index contributed by atoms with van der Waals surface area (Å²) < 4.78 is 6.93. The Bertz CT molecular complexity index is 1340. The van der Waals surface area contributed by atoms with Crippen LogP contribution in [0.3, 0.4) is 0 Å². The van der Waals surface area contributed by atoms with Crippen molar-refractivity contribution in [3.63, 3.8) is 0 Å². The van der Waals surface area contributed by atoms with Crippen LogP contribution in [0.1, 0.15) is 23.7 Å². The maximum Gasteiger partial charge on any atom is 0.346 e. The topological polar surface area (TPSA) is 120 Å². The van der Waals surface area contributed by atoms with Gasteiger partial charge >= 0.3 is 6.03 Å². The Morgan fingerprint density at radius 1 is 1.24 bits per heavy atom. The number of methoxy groups -OCH3 is 1. The van der Waals surface area contributed by atoms with E-state index >= 15 is 0 Å². The number of fused-ring (bicyclic) bond motifs is 1. The van der Waals surface area contributed by atoms with E-state index in [0.29, 0.717) is 30.1 Å². The molecule has 3 aromatic heterocycles. The first-order valence-electron chi connectivity index (χ1n) is 10.5. The van der Waals surface area contributed by atoms with Gasteiger partial charge in [-0.05, 0) is 42.8 Å². The zero-order chi connectivity index (χ0) is 22.9. The minimum atomic E-state index is -0.359. The summed E-state index contributed by atoms with van der Waals surface area (Å²) in [6.45, 7) is 2.29. The molecule has 4 heterocycles. The van der Waals surface area contributed by atoms with Gasteiger partial charge in [0.15, 0.2) is 5.65 Å². The second-order valence-corrected chi connectivity index (χ2v) is 7.72. The van der Waals surface area contributed by atoms with Gasteiger partial charge in [0.05, 0.1) is 31.1 Å². The predicted molar refractivity (Wildman–Crippen MR) is 123 cm³/mol. The zero-order valence-corrected chi connectivity index (χ0v) is 18.2. The van der Waals surface area contributed by atoms with E-state index in [-0.39, 0.29) is 18.0 Å². The summed E-state index contributed by atoms with van der Waals surface area (Å²) in [5.41, 5.74) is 10.2. The number of urea groups is 1. The van der Waals surface area contributed by atoms with Gasteiger partial charge in [-0.25, -0.2) is 9.31 Å². The van der Waals surface area contributed by atoms with Gasteiger partial charge in [0.25, 0.3) is 0 Å². The third-order valence-corrected chi connectivity index (χ3v) is 5.59. The number of anilines is 2. The van der Waals surface area contributed by atoms with E-state index in [2.05, 4.69) is 20.4 Å². The molecule has 0 saturated carbocycles. The van der Waals surface area contributed by atoms with Crippen molar-refractivity contribution in [3.05, 3.63) is 66.1 Å². The van der Waals surface area contributed by atoms with Crippen LogP contribution in [0.4, 0.5) is 16.4 Å². The number of carbonyl (C=O) groups excluding carboxylic acids is 1. The van der Waals surface area contributed by atoms with Crippen molar-refractivity contribution in [2.24, 2.45) is 0 Å². The second-order valence-electron chi connectivity index (χ2n) is 7.72. The first-order valence-corrected chi connectivity index (χ1v) is 10.5. The monoisotopic (exact) mass is 445 g/mol. The summed E-state index contributed by atoms with van der Waals surface area (Å²) in [4.78, 5) is 27.4. The van der Waals surface area contributed by atoms with E-state index in [0.717, 1.165) is 22.4 Å². The van der Waals surface area contributed by atoms with Crippen molar-refractivity contribution < 1.29 is 14.4 Å². The highest BCUT2D eigenvalue weighted by molar-refractivity contribution is 5.90. The third-order valence-electron chi connectivity index (χ3n) is 5.59. The van der Waals surface area contributed by atoms with Crippen LogP contribution >= 0.6 is 0 Å². The Labute approximate surface area is 189 Å². The number of hydrogen-bond donors (Lipinski definition) is 2. The van der Waals surface area contributed by atoms with Crippen LogP contribution in [-0.4, -0.2) is 44.4 Å². The minimum Gasteiger partial charge on any atom is -0.497 e. The smallest absolute Gasteiger partial charge is 0.346 e. The number of nitrogens with one attached hydrogen (secondary N) is 1. The fraction of sp³-hybridized carbons (Fsp3) is 0.217. The van der Waals surface area contributed by atoms with Crippen LogP contribution in [0.5, 0.6) is 5.75 Å². The van der Waals surface area contributed by atoms with E-state index in [1.165, 1.54) is 5.06 Å². The maximum atomic E-state index is 13.1. The lowest BCUT2D eigenvalue weighted by atomic mass is 10.0. The van der Waals surface area contributed by atoms with Gasteiger partial charge in [0.2, 0.25) is 5.95 Å². The van der Waals surface area contributed by atoms with Crippen LogP contribution in [0, 0.1) is 6.92 Å². The molecule has 5 rings (SSSR count). The standard InChI is InChI=1S/C23H23N7O3/c1-14-19(11-17(12-25-14)16-6-7-21-27-22(24)28-29(21)13-16)26-23(31)30-20(8-9-33-30)15-4-3-5-18(10-15)32-2/h3-7,10-13,20H,8-9H2,1-2H3,(H2,24,28)(H,26,31). The molecule has 1 atom stereocenters. The highest BCUT2D eigenvalue weighted by Crippen LogP contribution is 2.33. The SMILES string of the molecule is COc1cccc(C2CCON2C(=O)Nc2cc(-c3ccc4nc(N)nn4c3)cnc2C)c1. The minimum absolute atomic E-state index is 0.207. The summed E-state index contributed by atoms with van der Waals surface area (Å²) in [6, 6.07) is 12.7. The Morgan fingerprint density at radius 3 is 2.97 bits per heavy atom. The van der Waals surface area contributed by atoms with Crippen molar-refractivity contribution in [1.29, 1.82) is 0 Å². The predicted octanol–water partition coefficient (Wildman–Crippen LogP) is 3.60. The Hall–Kier alpha value is -4.18. The molecule has 1 unspecified atom stereocenters. The molecule has 1 aromatic carbocycles. The quantitative estimate of drug-likeness (QED) is 0.492. The number of pyridine rings is 2. The van der Waals surface area contributed by atoms with Crippen LogP contribution in [-0.2, 0) is 4.84 Å². The normalized spacial score (nSPS) is 15.7. The fourth-order valence-electron chi connectivity index (χ4n) is 3.88. The number of amides is 2. The van der Waals surface area contributed by atoms with Crippen molar-refractivity contribution in [2.45, 2.75) is 19.4 Å².